The molecule has 0 aliphatic carbocycles. The molecule has 0 spiro atoms. The fourth-order valence-corrected chi connectivity index (χ4v) is 1.22. The molecule has 0 rings (SSSR count). The van der Waals surface area contributed by atoms with E-state index in [1.54, 1.807) is 4.90 Å². The Morgan fingerprint density at radius 3 is 2.23 bits per heavy atom. The van der Waals surface area contributed by atoms with Gasteiger partial charge in [0.15, 0.2) is 0 Å². The Bertz CT molecular complexity index is 155. The summed E-state index contributed by atoms with van der Waals surface area (Å²) in [6.07, 6.45) is 1.82. The predicted octanol–water partition coefficient (Wildman–Crippen LogP) is 1.23. The monoisotopic (exact) mass is 186 g/mol. The summed E-state index contributed by atoms with van der Waals surface area (Å²) in [4.78, 5) is 13.6. The molecule has 0 radical (unpaired) electrons. The summed E-state index contributed by atoms with van der Waals surface area (Å²) >= 11 is 0. The number of amides is 1. The number of carbonyl (C=O) groups excluding carboxylic acids is 1. The molecule has 0 saturated heterocycles. The Morgan fingerprint density at radius 2 is 1.92 bits per heavy atom. The third kappa shape index (κ3) is 3.35. The maximum Gasteiger partial charge on any atom is 0.226 e. The Labute approximate surface area is 81.3 Å². The standard InChI is InChI=1S/C10H22N2O/c1-5-8(3)12(4)10(13)9(6-2)7-11/h8-9H,5-7,11H2,1-4H3. The maximum atomic E-state index is 11.8. The summed E-state index contributed by atoms with van der Waals surface area (Å²) in [5.74, 6) is 0.179. The molecule has 0 bridgehead atoms. The topological polar surface area (TPSA) is 46.3 Å². The Morgan fingerprint density at radius 1 is 1.38 bits per heavy atom. The quantitative estimate of drug-likeness (QED) is 0.702. The van der Waals surface area contributed by atoms with Crippen molar-refractivity contribution in [1.82, 2.24) is 4.90 Å². The molecular formula is C10H22N2O. The van der Waals surface area contributed by atoms with E-state index in [1.807, 2.05) is 14.0 Å². The summed E-state index contributed by atoms with van der Waals surface area (Å²) in [6, 6.07) is 0.313. The van der Waals surface area contributed by atoms with Crippen molar-refractivity contribution in [2.75, 3.05) is 13.6 Å². The molecule has 2 unspecified atom stereocenters. The molecule has 0 aromatic rings. The highest BCUT2D eigenvalue weighted by Gasteiger charge is 2.21. The predicted molar refractivity (Wildman–Crippen MR) is 55.4 cm³/mol. The average molecular weight is 186 g/mol. The number of hydrogen-bond donors (Lipinski definition) is 1. The van der Waals surface area contributed by atoms with E-state index in [0.29, 0.717) is 12.6 Å². The van der Waals surface area contributed by atoms with E-state index in [-0.39, 0.29) is 11.8 Å². The summed E-state index contributed by atoms with van der Waals surface area (Å²) < 4.78 is 0. The van der Waals surface area contributed by atoms with Crippen LogP contribution in [0, 0.1) is 5.92 Å². The zero-order chi connectivity index (χ0) is 10.4. The highest BCUT2D eigenvalue weighted by Crippen LogP contribution is 2.09. The van der Waals surface area contributed by atoms with Crippen molar-refractivity contribution in [2.45, 2.75) is 39.7 Å². The van der Waals surface area contributed by atoms with Gasteiger partial charge < -0.3 is 10.6 Å². The summed E-state index contributed by atoms with van der Waals surface area (Å²) in [6.45, 7) is 6.59. The highest BCUT2D eigenvalue weighted by atomic mass is 16.2. The number of nitrogens with zero attached hydrogens (tertiary/aromatic N) is 1. The van der Waals surface area contributed by atoms with Crippen LogP contribution in [0.25, 0.3) is 0 Å². The minimum Gasteiger partial charge on any atom is -0.343 e. The lowest BCUT2D eigenvalue weighted by molar-refractivity contribution is -0.135. The van der Waals surface area contributed by atoms with Crippen LogP contribution in [0.15, 0.2) is 0 Å². The molecule has 3 heteroatoms. The van der Waals surface area contributed by atoms with Gasteiger partial charge in [0, 0.05) is 19.6 Å². The van der Waals surface area contributed by atoms with E-state index in [2.05, 4.69) is 13.8 Å². The number of nitrogens with two attached hydrogens (primary N) is 1. The number of hydrogen-bond acceptors (Lipinski definition) is 2. The smallest absolute Gasteiger partial charge is 0.226 e. The van der Waals surface area contributed by atoms with Gasteiger partial charge in [-0.05, 0) is 19.8 Å². The van der Waals surface area contributed by atoms with Gasteiger partial charge in [0.25, 0.3) is 0 Å². The van der Waals surface area contributed by atoms with Gasteiger partial charge in [0.05, 0.1) is 5.92 Å². The molecule has 2 N–H and O–H groups in total. The molecular weight excluding hydrogens is 164 g/mol. The fraction of sp³-hybridized carbons (Fsp3) is 0.900. The van der Waals surface area contributed by atoms with E-state index in [0.717, 1.165) is 12.8 Å². The first-order chi connectivity index (χ1) is 6.08. The van der Waals surface area contributed by atoms with Crippen molar-refractivity contribution in [3.63, 3.8) is 0 Å². The number of carbonyl (C=O) groups is 1. The lowest BCUT2D eigenvalue weighted by atomic mass is 10.0. The zero-order valence-electron chi connectivity index (χ0n) is 9.21. The van der Waals surface area contributed by atoms with Gasteiger partial charge >= 0.3 is 0 Å². The van der Waals surface area contributed by atoms with E-state index >= 15 is 0 Å². The van der Waals surface area contributed by atoms with Crippen molar-refractivity contribution < 1.29 is 4.79 Å². The molecule has 0 aliphatic heterocycles. The molecule has 2 atom stereocenters. The fourth-order valence-electron chi connectivity index (χ4n) is 1.22. The second-order valence-corrected chi connectivity index (χ2v) is 3.55. The van der Waals surface area contributed by atoms with E-state index in [1.165, 1.54) is 0 Å². The number of rotatable bonds is 5. The van der Waals surface area contributed by atoms with Gasteiger partial charge in [-0.3, -0.25) is 4.79 Å². The Kier molecular flexibility index (Phi) is 5.71. The molecule has 0 aliphatic rings. The van der Waals surface area contributed by atoms with Gasteiger partial charge in [0.1, 0.15) is 0 Å². The average Bonchev–Trinajstić information content (AvgIpc) is 2.17. The van der Waals surface area contributed by atoms with Gasteiger partial charge in [-0.2, -0.15) is 0 Å². The van der Waals surface area contributed by atoms with Gasteiger partial charge in [-0.15, -0.1) is 0 Å². The van der Waals surface area contributed by atoms with E-state index in [4.69, 9.17) is 5.73 Å². The van der Waals surface area contributed by atoms with Gasteiger partial charge in [-0.1, -0.05) is 13.8 Å². The first-order valence-electron chi connectivity index (χ1n) is 5.05. The summed E-state index contributed by atoms with van der Waals surface area (Å²) in [5, 5.41) is 0. The summed E-state index contributed by atoms with van der Waals surface area (Å²) in [5.41, 5.74) is 5.52. The normalized spacial score (nSPS) is 15.2. The summed E-state index contributed by atoms with van der Waals surface area (Å²) in [7, 11) is 1.86. The van der Waals surface area contributed by atoms with Crippen LogP contribution < -0.4 is 5.73 Å². The van der Waals surface area contributed by atoms with Crippen LogP contribution in [0.5, 0.6) is 0 Å². The molecule has 78 valence electrons. The minimum atomic E-state index is -0.000926. The van der Waals surface area contributed by atoms with E-state index < -0.39 is 0 Å². The van der Waals surface area contributed by atoms with Crippen LogP contribution in [0.1, 0.15) is 33.6 Å². The van der Waals surface area contributed by atoms with Crippen LogP contribution in [0.4, 0.5) is 0 Å². The van der Waals surface area contributed by atoms with Crippen molar-refractivity contribution in [3.8, 4) is 0 Å². The van der Waals surface area contributed by atoms with Gasteiger partial charge in [0.2, 0.25) is 5.91 Å². The van der Waals surface area contributed by atoms with Gasteiger partial charge in [-0.25, -0.2) is 0 Å². The third-order valence-electron chi connectivity index (χ3n) is 2.73. The zero-order valence-corrected chi connectivity index (χ0v) is 9.21. The molecule has 1 amide bonds. The molecule has 0 saturated carbocycles. The van der Waals surface area contributed by atoms with Crippen LogP contribution >= 0.6 is 0 Å². The van der Waals surface area contributed by atoms with Crippen LogP contribution in [0.2, 0.25) is 0 Å². The maximum absolute atomic E-state index is 11.8. The Balaban J connectivity index is 4.22. The largest absolute Gasteiger partial charge is 0.343 e. The van der Waals surface area contributed by atoms with E-state index in [9.17, 15) is 4.79 Å². The van der Waals surface area contributed by atoms with Crippen LogP contribution in [-0.4, -0.2) is 30.4 Å². The molecule has 0 heterocycles. The third-order valence-corrected chi connectivity index (χ3v) is 2.73. The molecule has 13 heavy (non-hydrogen) atoms. The Hall–Kier alpha value is -0.570. The first kappa shape index (κ1) is 12.4. The highest BCUT2D eigenvalue weighted by molar-refractivity contribution is 5.79. The van der Waals surface area contributed by atoms with Crippen molar-refractivity contribution in [3.05, 3.63) is 0 Å². The molecule has 0 aromatic heterocycles. The minimum absolute atomic E-state index is 0.000926. The lowest BCUT2D eigenvalue weighted by Crippen LogP contribution is -2.41. The first-order valence-corrected chi connectivity index (χ1v) is 5.05. The SMILES string of the molecule is CCC(CN)C(=O)N(C)C(C)CC. The van der Waals surface area contributed by atoms with Crippen LogP contribution in [0.3, 0.4) is 0 Å². The van der Waals surface area contributed by atoms with Crippen molar-refractivity contribution >= 4 is 5.91 Å². The van der Waals surface area contributed by atoms with Crippen molar-refractivity contribution in [2.24, 2.45) is 11.7 Å². The molecule has 0 aromatic carbocycles. The molecule has 3 nitrogen and oxygen atoms in total. The lowest BCUT2D eigenvalue weighted by Gasteiger charge is -2.27. The second-order valence-electron chi connectivity index (χ2n) is 3.55. The van der Waals surface area contributed by atoms with Crippen LogP contribution in [-0.2, 0) is 4.79 Å². The second kappa shape index (κ2) is 5.97. The van der Waals surface area contributed by atoms with Crippen molar-refractivity contribution in [1.29, 1.82) is 0 Å². The molecule has 0 fully saturated rings.